The highest BCUT2D eigenvalue weighted by atomic mass is 16.2. The van der Waals surface area contributed by atoms with Gasteiger partial charge in [0.1, 0.15) is 6.04 Å². The molecule has 7 heteroatoms. The molecule has 2 aliphatic rings. The summed E-state index contributed by atoms with van der Waals surface area (Å²) in [6.07, 6.45) is 2.47. The lowest BCUT2D eigenvalue weighted by molar-refractivity contribution is -0.136. The summed E-state index contributed by atoms with van der Waals surface area (Å²) in [5.41, 5.74) is 8.36. The van der Waals surface area contributed by atoms with Gasteiger partial charge in [-0.2, -0.15) is 0 Å². The van der Waals surface area contributed by atoms with Crippen molar-refractivity contribution in [3.8, 4) is 0 Å². The molecule has 0 aliphatic carbocycles. The van der Waals surface area contributed by atoms with Crippen LogP contribution in [0.5, 0.6) is 0 Å². The quantitative estimate of drug-likeness (QED) is 0.621. The van der Waals surface area contributed by atoms with Gasteiger partial charge in [0.25, 0.3) is 5.91 Å². The molecule has 0 bridgehead atoms. The predicted molar refractivity (Wildman–Crippen MR) is 102 cm³/mol. The average Bonchev–Trinajstić information content (AvgIpc) is 2.98. The molecule has 4 N–H and O–H groups in total. The molecule has 1 fully saturated rings. The molecule has 2 unspecified atom stereocenters. The van der Waals surface area contributed by atoms with Gasteiger partial charge in [0.2, 0.25) is 11.8 Å². The van der Waals surface area contributed by atoms with Crippen LogP contribution < -0.4 is 16.4 Å². The van der Waals surface area contributed by atoms with Crippen molar-refractivity contribution in [1.29, 1.82) is 0 Å². The summed E-state index contributed by atoms with van der Waals surface area (Å²) in [4.78, 5) is 38.0. The Morgan fingerprint density at radius 2 is 2.11 bits per heavy atom. The van der Waals surface area contributed by atoms with Crippen LogP contribution in [-0.4, -0.2) is 40.7 Å². The number of rotatable bonds is 7. The van der Waals surface area contributed by atoms with E-state index in [0.29, 0.717) is 31.6 Å². The van der Waals surface area contributed by atoms with Crippen LogP contribution in [0.1, 0.15) is 61.0 Å². The van der Waals surface area contributed by atoms with Gasteiger partial charge in [-0.15, -0.1) is 0 Å². The van der Waals surface area contributed by atoms with E-state index in [1.165, 1.54) is 0 Å². The normalized spacial score (nSPS) is 21.8. The lowest BCUT2D eigenvalue weighted by atomic mass is 9.93. The van der Waals surface area contributed by atoms with E-state index in [-0.39, 0.29) is 29.7 Å². The van der Waals surface area contributed by atoms with Crippen LogP contribution in [0, 0.1) is 0 Å². The van der Waals surface area contributed by atoms with Gasteiger partial charge < -0.3 is 16.0 Å². The fraction of sp³-hybridized carbons (Fsp3) is 0.550. The molecule has 3 amide bonds. The highest BCUT2D eigenvalue weighted by Gasteiger charge is 2.39. The van der Waals surface area contributed by atoms with Crippen molar-refractivity contribution >= 4 is 17.7 Å². The molecule has 0 spiro atoms. The van der Waals surface area contributed by atoms with Gasteiger partial charge in [0.15, 0.2) is 0 Å². The Morgan fingerprint density at radius 1 is 1.33 bits per heavy atom. The number of piperidine rings is 1. The number of imide groups is 1. The molecule has 2 aliphatic heterocycles. The number of carbonyl (C=O) groups is 3. The van der Waals surface area contributed by atoms with E-state index in [4.69, 9.17) is 5.73 Å². The van der Waals surface area contributed by atoms with Gasteiger partial charge in [-0.1, -0.05) is 19.1 Å². The minimum atomic E-state index is -0.582. The van der Waals surface area contributed by atoms with E-state index in [1.54, 1.807) is 4.90 Å². The SMILES string of the molecule is CCC(C)(CCN)NCc1cccc2c1CN(C1CCC(=O)NC1=O)C2=O. The molecule has 2 heterocycles. The summed E-state index contributed by atoms with van der Waals surface area (Å²) >= 11 is 0. The second-order valence-electron chi connectivity index (χ2n) is 7.65. The standard InChI is InChI=1S/C20H28N4O3/c1-3-20(2,9-10-21)22-11-13-5-4-6-14-15(13)12-24(19(14)27)16-7-8-17(25)23-18(16)26/h4-6,16,22H,3,7-12,21H2,1-2H3,(H,23,25,26). The van der Waals surface area contributed by atoms with E-state index in [1.807, 2.05) is 18.2 Å². The van der Waals surface area contributed by atoms with E-state index >= 15 is 0 Å². The van der Waals surface area contributed by atoms with Crippen molar-refractivity contribution in [3.63, 3.8) is 0 Å². The summed E-state index contributed by atoms with van der Waals surface area (Å²) < 4.78 is 0. The summed E-state index contributed by atoms with van der Waals surface area (Å²) in [6.45, 7) is 5.95. The molecular weight excluding hydrogens is 344 g/mol. The van der Waals surface area contributed by atoms with Gasteiger partial charge in [-0.25, -0.2) is 0 Å². The zero-order chi connectivity index (χ0) is 19.6. The van der Waals surface area contributed by atoms with Crippen molar-refractivity contribution in [2.75, 3.05) is 6.54 Å². The molecule has 7 nitrogen and oxygen atoms in total. The topological polar surface area (TPSA) is 105 Å². The van der Waals surface area contributed by atoms with Crippen LogP contribution in [0.15, 0.2) is 18.2 Å². The average molecular weight is 372 g/mol. The fourth-order valence-electron chi connectivity index (χ4n) is 3.83. The monoisotopic (exact) mass is 372 g/mol. The minimum absolute atomic E-state index is 0.0522. The maximum absolute atomic E-state index is 12.9. The van der Waals surface area contributed by atoms with Gasteiger partial charge in [-0.3, -0.25) is 19.7 Å². The third-order valence-corrected chi connectivity index (χ3v) is 5.86. The first-order valence-electron chi connectivity index (χ1n) is 9.59. The van der Waals surface area contributed by atoms with Crippen molar-refractivity contribution in [2.45, 2.75) is 64.2 Å². The predicted octanol–water partition coefficient (Wildman–Crippen LogP) is 1.05. The molecule has 27 heavy (non-hydrogen) atoms. The van der Waals surface area contributed by atoms with E-state index in [2.05, 4.69) is 24.5 Å². The first-order chi connectivity index (χ1) is 12.9. The summed E-state index contributed by atoms with van der Waals surface area (Å²) in [5.74, 6) is -0.792. The number of hydrogen-bond donors (Lipinski definition) is 3. The smallest absolute Gasteiger partial charge is 0.255 e. The number of nitrogens with two attached hydrogens (primary N) is 1. The zero-order valence-corrected chi connectivity index (χ0v) is 16.0. The molecule has 2 atom stereocenters. The fourth-order valence-corrected chi connectivity index (χ4v) is 3.83. The Balaban J connectivity index is 1.78. The van der Waals surface area contributed by atoms with Crippen LogP contribution in [-0.2, 0) is 22.7 Å². The molecular formula is C20H28N4O3. The van der Waals surface area contributed by atoms with Gasteiger partial charge >= 0.3 is 0 Å². The van der Waals surface area contributed by atoms with E-state index in [0.717, 1.165) is 24.0 Å². The molecule has 3 rings (SSSR count). The Kier molecular flexibility index (Phi) is 5.62. The lowest BCUT2D eigenvalue weighted by Crippen LogP contribution is -2.52. The second kappa shape index (κ2) is 7.78. The number of carbonyl (C=O) groups excluding carboxylic acids is 3. The van der Waals surface area contributed by atoms with Crippen molar-refractivity contribution in [1.82, 2.24) is 15.5 Å². The number of nitrogens with zero attached hydrogens (tertiary/aromatic N) is 1. The first kappa shape index (κ1) is 19.5. The van der Waals surface area contributed by atoms with Crippen molar-refractivity contribution < 1.29 is 14.4 Å². The highest BCUT2D eigenvalue weighted by molar-refractivity contribution is 6.05. The number of hydrogen-bond acceptors (Lipinski definition) is 5. The Labute approximate surface area is 159 Å². The maximum atomic E-state index is 12.9. The maximum Gasteiger partial charge on any atom is 0.255 e. The van der Waals surface area contributed by atoms with Gasteiger partial charge in [0, 0.05) is 30.6 Å². The summed E-state index contributed by atoms with van der Waals surface area (Å²) in [6, 6.07) is 5.13. The number of amides is 3. The molecule has 1 saturated heterocycles. The molecule has 1 aromatic rings. The van der Waals surface area contributed by atoms with Crippen molar-refractivity contribution in [2.24, 2.45) is 5.73 Å². The number of nitrogens with one attached hydrogen (secondary N) is 2. The second-order valence-corrected chi connectivity index (χ2v) is 7.65. The van der Waals surface area contributed by atoms with Crippen LogP contribution in [0.2, 0.25) is 0 Å². The van der Waals surface area contributed by atoms with Crippen molar-refractivity contribution in [3.05, 3.63) is 34.9 Å². The van der Waals surface area contributed by atoms with E-state index < -0.39 is 6.04 Å². The molecule has 0 saturated carbocycles. The Hall–Kier alpha value is -2.25. The van der Waals surface area contributed by atoms with Gasteiger partial charge in [-0.05, 0) is 49.9 Å². The van der Waals surface area contributed by atoms with Crippen LogP contribution >= 0.6 is 0 Å². The van der Waals surface area contributed by atoms with Crippen LogP contribution in [0.25, 0.3) is 0 Å². The van der Waals surface area contributed by atoms with E-state index in [9.17, 15) is 14.4 Å². The molecule has 0 aromatic heterocycles. The lowest BCUT2D eigenvalue weighted by Gasteiger charge is -2.30. The first-order valence-corrected chi connectivity index (χ1v) is 9.59. The van der Waals surface area contributed by atoms with Crippen LogP contribution in [0.4, 0.5) is 0 Å². The number of fused-ring (bicyclic) bond motifs is 1. The largest absolute Gasteiger partial charge is 0.330 e. The number of benzene rings is 1. The molecule has 0 radical (unpaired) electrons. The Bertz CT molecular complexity index is 764. The molecule has 146 valence electrons. The molecule has 1 aromatic carbocycles. The highest BCUT2D eigenvalue weighted by Crippen LogP contribution is 2.30. The summed E-state index contributed by atoms with van der Waals surface area (Å²) in [5, 5.41) is 5.92. The summed E-state index contributed by atoms with van der Waals surface area (Å²) in [7, 11) is 0. The van der Waals surface area contributed by atoms with Gasteiger partial charge in [0.05, 0.1) is 0 Å². The zero-order valence-electron chi connectivity index (χ0n) is 16.0. The van der Waals surface area contributed by atoms with Crippen LogP contribution in [0.3, 0.4) is 0 Å². The third kappa shape index (κ3) is 3.89. The third-order valence-electron chi connectivity index (χ3n) is 5.86. The Morgan fingerprint density at radius 3 is 2.78 bits per heavy atom. The minimum Gasteiger partial charge on any atom is -0.330 e.